The van der Waals surface area contributed by atoms with Gasteiger partial charge in [0.15, 0.2) is 0 Å². The second-order valence-corrected chi connectivity index (χ2v) is 21.4. The summed E-state index contributed by atoms with van der Waals surface area (Å²) >= 11 is 5.26. The first kappa shape index (κ1) is 27.8. The monoisotopic (exact) mass is 700 g/mol. The summed E-state index contributed by atoms with van der Waals surface area (Å²) in [6.45, 7) is 7.05. The molecule has 0 N–H and O–H groups in total. The second kappa shape index (κ2) is 12.4. The van der Waals surface area contributed by atoms with Gasteiger partial charge in [-0.25, -0.2) is 0 Å². The molecule has 0 heterocycles. The van der Waals surface area contributed by atoms with Gasteiger partial charge in [0.05, 0.1) is 0 Å². The van der Waals surface area contributed by atoms with Gasteiger partial charge in [0.1, 0.15) is 0 Å². The normalized spacial score (nSPS) is 16.3. The zero-order valence-electron chi connectivity index (χ0n) is 20.4. The third-order valence-corrected chi connectivity index (χ3v) is 18.4. The predicted octanol–water partition coefficient (Wildman–Crippen LogP) is 7.47. The van der Waals surface area contributed by atoms with E-state index in [1.54, 1.807) is 7.11 Å². The number of allylic oxidation sites excluding steroid dienone is 1. The van der Waals surface area contributed by atoms with Crippen molar-refractivity contribution < 1.29 is 9.47 Å². The molecule has 0 radical (unpaired) electrons. The third-order valence-electron chi connectivity index (χ3n) is 6.46. The summed E-state index contributed by atoms with van der Waals surface area (Å²) in [4.78, 5) is 0. The van der Waals surface area contributed by atoms with Crippen LogP contribution in [0.4, 0.5) is 0 Å². The van der Waals surface area contributed by atoms with Crippen molar-refractivity contribution >= 4 is 64.8 Å². The molecule has 3 aromatic carbocycles. The van der Waals surface area contributed by atoms with Gasteiger partial charge in [0.2, 0.25) is 0 Å². The van der Waals surface area contributed by atoms with Gasteiger partial charge in [0, 0.05) is 0 Å². The topological polar surface area (TPSA) is 18.5 Å². The second-order valence-electron chi connectivity index (χ2n) is 9.00. The van der Waals surface area contributed by atoms with Crippen LogP contribution in [0.5, 0.6) is 0 Å². The van der Waals surface area contributed by atoms with E-state index in [0.29, 0.717) is 6.79 Å². The van der Waals surface area contributed by atoms with E-state index in [9.17, 15) is 0 Å². The van der Waals surface area contributed by atoms with Crippen LogP contribution >= 0.6 is 48.9 Å². The Hall–Kier alpha value is -0.790. The van der Waals surface area contributed by atoms with Crippen LogP contribution in [0.1, 0.15) is 20.8 Å². The van der Waals surface area contributed by atoms with Gasteiger partial charge >= 0.3 is 234 Å². The van der Waals surface area contributed by atoms with E-state index >= 15 is 0 Å². The van der Waals surface area contributed by atoms with Gasteiger partial charge in [-0.2, -0.15) is 0 Å². The fraction of sp³-hybridized carbons (Fsp3) is 0.310. The summed E-state index contributed by atoms with van der Waals surface area (Å²) in [5.74, 6) is 0.557. The SMILES string of the molecule is COCO[C@H]([C@@H](C)C=C(C)I)[C@@H](C)CP(I)(c1ccccc1)(c1ccccc1)c1ccccc1. The molecule has 0 unspecified atom stereocenters. The Kier molecular flexibility index (Phi) is 10.2. The molecule has 2 nitrogen and oxygen atoms in total. The maximum atomic E-state index is 6.36. The first-order valence-electron chi connectivity index (χ1n) is 11.7. The van der Waals surface area contributed by atoms with Crippen molar-refractivity contribution in [1.29, 1.82) is 0 Å². The third kappa shape index (κ3) is 5.95. The number of rotatable bonds is 11. The van der Waals surface area contributed by atoms with Gasteiger partial charge in [0.25, 0.3) is 0 Å². The number of ether oxygens (including phenoxy) is 2. The summed E-state index contributed by atoms with van der Waals surface area (Å²) in [7, 11) is 1.70. The van der Waals surface area contributed by atoms with Gasteiger partial charge in [-0.3, -0.25) is 0 Å². The van der Waals surface area contributed by atoms with Crippen LogP contribution in [0.2, 0.25) is 0 Å². The number of halogens is 2. The van der Waals surface area contributed by atoms with E-state index in [1.807, 2.05) is 0 Å². The molecule has 0 bridgehead atoms. The summed E-state index contributed by atoms with van der Waals surface area (Å²) in [5, 5.41) is 4.20. The minimum atomic E-state index is -2.87. The number of methoxy groups -OCH3 is 1. The fourth-order valence-corrected chi connectivity index (χ4v) is 15.6. The van der Waals surface area contributed by atoms with Gasteiger partial charge < -0.3 is 0 Å². The molecule has 3 atom stereocenters. The molecule has 0 saturated carbocycles. The molecule has 0 saturated heterocycles. The molecular formula is C29H35I2O2P. The summed E-state index contributed by atoms with van der Waals surface area (Å²) in [6.07, 6.45) is 3.35. The molecule has 0 aliphatic rings. The van der Waals surface area contributed by atoms with Crippen molar-refractivity contribution in [2.24, 2.45) is 11.8 Å². The Balaban J connectivity index is 2.24. The van der Waals surface area contributed by atoms with Gasteiger partial charge in [-0.05, 0) is 0 Å². The van der Waals surface area contributed by atoms with E-state index in [-0.39, 0.29) is 17.9 Å². The molecule has 0 aromatic heterocycles. The molecule has 0 fully saturated rings. The molecule has 5 heteroatoms. The molecule has 3 rings (SSSR count). The minimum absolute atomic E-state index is 0.0390. The van der Waals surface area contributed by atoms with Gasteiger partial charge in [-0.1, -0.05) is 0 Å². The van der Waals surface area contributed by atoms with Crippen molar-refractivity contribution in [3.63, 3.8) is 0 Å². The van der Waals surface area contributed by atoms with Crippen LogP contribution in [-0.2, 0) is 9.47 Å². The molecule has 0 spiro atoms. The molecule has 182 valence electrons. The molecule has 0 aliphatic heterocycles. The van der Waals surface area contributed by atoms with Crippen LogP contribution in [0.15, 0.2) is 101 Å². The first-order valence-corrected chi connectivity index (χ1v) is 17.9. The number of hydrogen-bond acceptors (Lipinski definition) is 2. The zero-order valence-corrected chi connectivity index (χ0v) is 25.6. The van der Waals surface area contributed by atoms with Gasteiger partial charge in [-0.15, -0.1) is 0 Å². The molecule has 3 aromatic rings. The quantitative estimate of drug-likeness (QED) is 0.118. The standard InChI is InChI=1S/C29H35I2O2P/c1-23(20-25(3)30)29(33-22-32-4)24(2)21-34(31,26-14-8-5-9-15-26,27-16-10-6-11-17-27)28-18-12-7-13-19-28/h5-20,23-24,29H,21-22H2,1-4H3/t23-,24-,29+/m0/s1. The fourth-order valence-electron chi connectivity index (χ4n) is 5.06. The van der Waals surface area contributed by atoms with Crippen molar-refractivity contribution in [2.75, 3.05) is 20.1 Å². The van der Waals surface area contributed by atoms with E-state index < -0.39 is 4.25 Å². The zero-order chi connectivity index (χ0) is 24.6. The predicted molar refractivity (Wildman–Crippen MR) is 167 cm³/mol. The van der Waals surface area contributed by atoms with Crippen LogP contribution in [-0.4, -0.2) is 26.2 Å². The van der Waals surface area contributed by atoms with Crippen molar-refractivity contribution in [1.82, 2.24) is 0 Å². The Morgan fingerprint density at radius 2 is 1.24 bits per heavy atom. The van der Waals surface area contributed by atoms with Crippen molar-refractivity contribution in [3.05, 3.63) is 101 Å². The number of hydrogen-bond donors (Lipinski definition) is 0. The number of benzene rings is 3. The van der Waals surface area contributed by atoms with Crippen molar-refractivity contribution in [3.8, 4) is 0 Å². The Morgan fingerprint density at radius 3 is 1.59 bits per heavy atom. The van der Waals surface area contributed by atoms with E-state index in [2.05, 4.69) is 162 Å². The summed E-state index contributed by atoms with van der Waals surface area (Å²) in [5.41, 5.74) is 0. The van der Waals surface area contributed by atoms with E-state index in [1.165, 1.54) is 19.5 Å². The Labute approximate surface area is 232 Å². The van der Waals surface area contributed by atoms with E-state index in [0.717, 1.165) is 6.16 Å². The van der Waals surface area contributed by atoms with Crippen molar-refractivity contribution in [2.45, 2.75) is 26.9 Å². The first-order chi connectivity index (χ1) is 16.3. The molecule has 34 heavy (non-hydrogen) atoms. The van der Waals surface area contributed by atoms with Crippen LogP contribution in [0, 0.1) is 11.8 Å². The van der Waals surface area contributed by atoms with Crippen LogP contribution in [0.25, 0.3) is 0 Å². The average Bonchev–Trinajstić information content (AvgIpc) is 2.85. The van der Waals surface area contributed by atoms with Crippen LogP contribution in [0.3, 0.4) is 0 Å². The molecular weight excluding hydrogens is 665 g/mol. The van der Waals surface area contributed by atoms with Crippen LogP contribution < -0.4 is 15.9 Å². The Morgan fingerprint density at radius 1 is 0.824 bits per heavy atom. The average molecular weight is 700 g/mol. The summed E-state index contributed by atoms with van der Waals surface area (Å²) < 4.78 is 10.1. The summed E-state index contributed by atoms with van der Waals surface area (Å²) in [6, 6.07) is 33.3. The molecule has 0 aliphatic carbocycles. The maximum absolute atomic E-state index is 6.36. The van der Waals surface area contributed by atoms with E-state index in [4.69, 9.17) is 9.47 Å². The Bertz CT molecular complexity index is 954. The molecule has 0 amide bonds.